The lowest BCUT2D eigenvalue weighted by atomic mass is 10.0. The minimum atomic E-state index is -0.160. The first-order chi connectivity index (χ1) is 6.84. The van der Waals surface area contributed by atoms with Crippen LogP contribution in [0.1, 0.15) is 45.4 Å². The molecule has 1 rings (SSSR count). The van der Waals surface area contributed by atoms with E-state index in [1.807, 2.05) is 11.8 Å². The van der Waals surface area contributed by atoms with E-state index in [0.717, 1.165) is 24.3 Å². The van der Waals surface area contributed by atoms with Gasteiger partial charge < -0.3 is 5.11 Å². The van der Waals surface area contributed by atoms with E-state index < -0.39 is 0 Å². The van der Waals surface area contributed by atoms with Gasteiger partial charge in [-0.1, -0.05) is 19.4 Å². The minimum absolute atomic E-state index is 0.160. The second-order valence-corrected chi connectivity index (χ2v) is 5.27. The Labute approximate surface area is 92.0 Å². The molecule has 0 fully saturated rings. The molecule has 1 aliphatic carbocycles. The van der Waals surface area contributed by atoms with E-state index in [1.54, 1.807) is 0 Å². The average Bonchev–Trinajstić information content (AvgIpc) is 2.46. The highest BCUT2D eigenvalue weighted by Gasteiger charge is 2.11. The minimum Gasteiger partial charge on any atom is -0.389 e. The van der Waals surface area contributed by atoms with E-state index in [2.05, 4.69) is 13.0 Å². The monoisotopic (exact) mass is 214 g/mol. The first kappa shape index (κ1) is 12.1. The summed E-state index contributed by atoms with van der Waals surface area (Å²) in [7, 11) is 0. The van der Waals surface area contributed by atoms with Crippen molar-refractivity contribution >= 4 is 11.8 Å². The summed E-state index contributed by atoms with van der Waals surface area (Å²) >= 11 is 1.92. The van der Waals surface area contributed by atoms with Gasteiger partial charge in [-0.3, -0.25) is 0 Å². The fourth-order valence-electron chi connectivity index (χ4n) is 1.87. The summed E-state index contributed by atoms with van der Waals surface area (Å²) in [5.74, 6) is 2.25. The van der Waals surface area contributed by atoms with Gasteiger partial charge in [0.1, 0.15) is 0 Å². The van der Waals surface area contributed by atoms with Gasteiger partial charge in [0.25, 0.3) is 0 Å². The molecule has 1 N–H and O–H groups in total. The van der Waals surface area contributed by atoms with Crippen LogP contribution in [0.25, 0.3) is 0 Å². The number of aliphatic hydroxyl groups is 1. The maximum atomic E-state index is 9.94. The third kappa shape index (κ3) is 4.52. The number of hydrogen-bond donors (Lipinski definition) is 1. The molecule has 0 aromatic heterocycles. The molecule has 0 amide bonds. The zero-order valence-corrected chi connectivity index (χ0v) is 9.98. The number of aliphatic hydroxyl groups excluding tert-OH is 1. The van der Waals surface area contributed by atoms with Crippen molar-refractivity contribution in [1.29, 1.82) is 0 Å². The molecule has 1 unspecified atom stereocenters. The Hall–Kier alpha value is 0.0500. The highest BCUT2D eigenvalue weighted by molar-refractivity contribution is 7.99. The first-order valence-electron chi connectivity index (χ1n) is 5.79. The normalized spacial score (nSPS) is 20.0. The SMILES string of the molecule is CCSCCC(O)C1=CCCCCC1. The molecular formula is C12H22OS. The zero-order chi connectivity index (χ0) is 10.2. The third-order valence-corrected chi connectivity index (χ3v) is 3.68. The molecule has 0 saturated carbocycles. The molecule has 14 heavy (non-hydrogen) atoms. The van der Waals surface area contributed by atoms with Crippen molar-refractivity contribution in [2.75, 3.05) is 11.5 Å². The molecule has 0 aliphatic heterocycles. The second-order valence-electron chi connectivity index (χ2n) is 3.88. The second kappa shape index (κ2) is 7.36. The third-order valence-electron chi connectivity index (χ3n) is 2.74. The molecule has 0 bridgehead atoms. The van der Waals surface area contributed by atoms with Gasteiger partial charge in [-0.15, -0.1) is 0 Å². The lowest BCUT2D eigenvalue weighted by Crippen LogP contribution is -2.11. The van der Waals surface area contributed by atoms with Crippen LogP contribution in [0, 0.1) is 0 Å². The average molecular weight is 214 g/mol. The molecule has 1 nitrogen and oxygen atoms in total. The van der Waals surface area contributed by atoms with Crippen LogP contribution in [0.3, 0.4) is 0 Å². The van der Waals surface area contributed by atoms with Crippen LogP contribution in [-0.2, 0) is 0 Å². The van der Waals surface area contributed by atoms with Gasteiger partial charge in [0, 0.05) is 0 Å². The molecule has 0 radical (unpaired) electrons. The maximum absolute atomic E-state index is 9.94. The van der Waals surface area contributed by atoms with Crippen LogP contribution < -0.4 is 0 Å². The van der Waals surface area contributed by atoms with Crippen molar-refractivity contribution in [3.63, 3.8) is 0 Å². The largest absolute Gasteiger partial charge is 0.389 e. The van der Waals surface area contributed by atoms with Gasteiger partial charge >= 0.3 is 0 Å². The first-order valence-corrected chi connectivity index (χ1v) is 6.94. The van der Waals surface area contributed by atoms with Gasteiger partial charge in [0.05, 0.1) is 6.10 Å². The molecule has 1 aliphatic rings. The van der Waals surface area contributed by atoms with Gasteiger partial charge in [-0.05, 0) is 49.2 Å². The summed E-state index contributed by atoms with van der Waals surface area (Å²) in [6.45, 7) is 2.17. The Morgan fingerprint density at radius 1 is 1.43 bits per heavy atom. The molecule has 0 aromatic rings. The van der Waals surface area contributed by atoms with Crippen LogP contribution in [0.15, 0.2) is 11.6 Å². The fraction of sp³-hybridized carbons (Fsp3) is 0.833. The summed E-state index contributed by atoms with van der Waals surface area (Å²) in [6, 6.07) is 0. The quantitative estimate of drug-likeness (QED) is 0.559. The smallest absolute Gasteiger partial charge is 0.0758 e. The van der Waals surface area contributed by atoms with E-state index in [4.69, 9.17) is 0 Å². The van der Waals surface area contributed by atoms with Gasteiger partial charge in [0.15, 0.2) is 0 Å². The lowest BCUT2D eigenvalue weighted by Gasteiger charge is -2.13. The Balaban J connectivity index is 2.26. The van der Waals surface area contributed by atoms with Crippen molar-refractivity contribution in [3.8, 4) is 0 Å². The highest BCUT2D eigenvalue weighted by Crippen LogP contribution is 2.22. The molecule has 0 spiro atoms. The van der Waals surface area contributed by atoms with Crippen LogP contribution in [-0.4, -0.2) is 22.7 Å². The molecule has 0 saturated heterocycles. The summed E-state index contributed by atoms with van der Waals surface area (Å²) in [6.07, 6.45) is 9.25. The number of hydrogen-bond acceptors (Lipinski definition) is 2. The summed E-state index contributed by atoms with van der Waals surface area (Å²) < 4.78 is 0. The topological polar surface area (TPSA) is 20.2 Å². The van der Waals surface area contributed by atoms with Crippen LogP contribution in [0.2, 0.25) is 0 Å². The van der Waals surface area contributed by atoms with E-state index in [-0.39, 0.29) is 6.10 Å². The van der Waals surface area contributed by atoms with E-state index in [0.29, 0.717) is 0 Å². The standard InChI is InChI=1S/C12H22OS/c1-2-14-10-9-12(13)11-7-5-3-4-6-8-11/h7,12-13H,2-6,8-10H2,1H3. The highest BCUT2D eigenvalue weighted by atomic mass is 32.2. The van der Waals surface area contributed by atoms with E-state index in [9.17, 15) is 5.11 Å². The molecule has 1 atom stereocenters. The maximum Gasteiger partial charge on any atom is 0.0758 e. The molecule has 0 aromatic carbocycles. The van der Waals surface area contributed by atoms with Crippen molar-refractivity contribution in [2.45, 2.75) is 51.6 Å². The molecule has 82 valence electrons. The zero-order valence-electron chi connectivity index (χ0n) is 9.17. The van der Waals surface area contributed by atoms with Crippen molar-refractivity contribution in [3.05, 3.63) is 11.6 Å². The van der Waals surface area contributed by atoms with Gasteiger partial charge in [-0.25, -0.2) is 0 Å². The summed E-state index contributed by atoms with van der Waals surface area (Å²) in [5.41, 5.74) is 1.30. The molecule has 0 heterocycles. The predicted octanol–water partition coefficient (Wildman–Crippen LogP) is 3.38. The summed E-state index contributed by atoms with van der Waals surface area (Å²) in [5, 5.41) is 9.94. The Bertz CT molecular complexity index is 177. The molecule has 2 heteroatoms. The molecular weight excluding hydrogens is 192 g/mol. The van der Waals surface area contributed by atoms with Gasteiger partial charge in [0.2, 0.25) is 0 Å². The Kier molecular flexibility index (Phi) is 6.37. The number of rotatable bonds is 5. The predicted molar refractivity (Wildman–Crippen MR) is 64.8 cm³/mol. The Morgan fingerprint density at radius 3 is 3.07 bits per heavy atom. The number of allylic oxidation sites excluding steroid dienone is 1. The van der Waals surface area contributed by atoms with Crippen LogP contribution >= 0.6 is 11.8 Å². The lowest BCUT2D eigenvalue weighted by molar-refractivity contribution is 0.203. The number of thioether (sulfide) groups is 1. The summed E-state index contributed by atoms with van der Waals surface area (Å²) in [4.78, 5) is 0. The Morgan fingerprint density at radius 2 is 2.29 bits per heavy atom. The van der Waals surface area contributed by atoms with Crippen molar-refractivity contribution in [2.24, 2.45) is 0 Å². The van der Waals surface area contributed by atoms with E-state index >= 15 is 0 Å². The van der Waals surface area contributed by atoms with E-state index in [1.165, 1.54) is 31.3 Å². The van der Waals surface area contributed by atoms with Crippen molar-refractivity contribution in [1.82, 2.24) is 0 Å². The van der Waals surface area contributed by atoms with Crippen LogP contribution in [0.4, 0.5) is 0 Å². The van der Waals surface area contributed by atoms with Crippen LogP contribution in [0.5, 0.6) is 0 Å². The fourth-order valence-corrected chi connectivity index (χ4v) is 2.55. The van der Waals surface area contributed by atoms with Gasteiger partial charge in [-0.2, -0.15) is 11.8 Å². The van der Waals surface area contributed by atoms with Crippen molar-refractivity contribution < 1.29 is 5.11 Å².